The first-order valence-corrected chi connectivity index (χ1v) is 5.98. The van der Waals surface area contributed by atoms with Crippen molar-refractivity contribution in [1.29, 1.82) is 0 Å². The maximum absolute atomic E-state index is 5.73. The molecular formula is C12H25NO3. The molecule has 1 aliphatic heterocycles. The van der Waals surface area contributed by atoms with Gasteiger partial charge in [-0.3, -0.25) is 0 Å². The first-order chi connectivity index (χ1) is 7.44. The van der Waals surface area contributed by atoms with Crippen molar-refractivity contribution in [2.24, 2.45) is 5.92 Å². The molecule has 1 rings (SSSR count). The van der Waals surface area contributed by atoms with Crippen LogP contribution in [0.3, 0.4) is 0 Å². The van der Waals surface area contributed by atoms with Gasteiger partial charge in [-0.05, 0) is 19.8 Å². The van der Waals surface area contributed by atoms with Gasteiger partial charge in [-0.1, -0.05) is 13.8 Å². The number of rotatable bonds is 6. The average Bonchev–Trinajstić information content (AvgIpc) is 2.52. The Hall–Kier alpha value is -0.160. The molecular weight excluding hydrogens is 206 g/mol. The zero-order valence-corrected chi connectivity index (χ0v) is 11.1. The van der Waals surface area contributed by atoms with E-state index in [4.69, 9.17) is 14.2 Å². The van der Waals surface area contributed by atoms with Crippen LogP contribution >= 0.6 is 0 Å². The Morgan fingerprint density at radius 1 is 1.44 bits per heavy atom. The zero-order chi connectivity index (χ0) is 12.2. The maximum Gasteiger partial charge on any atom is 0.163 e. The molecule has 1 fully saturated rings. The summed E-state index contributed by atoms with van der Waals surface area (Å²) in [5.74, 6) is 0.122. The molecule has 0 aliphatic carbocycles. The van der Waals surface area contributed by atoms with Crippen LogP contribution in [0.25, 0.3) is 0 Å². The molecule has 1 heterocycles. The molecule has 0 aromatic rings. The number of methoxy groups -OCH3 is 1. The highest BCUT2D eigenvalue weighted by molar-refractivity contribution is 4.77. The Kier molecular flexibility index (Phi) is 5.18. The Morgan fingerprint density at radius 3 is 2.56 bits per heavy atom. The minimum Gasteiger partial charge on any atom is -0.383 e. The Morgan fingerprint density at radius 2 is 2.12 bits per heavy atom. The average molecular weight is 231 g/mol. The number of hydrogen-bond acceptors (Lipinski definition) is 4. The Labute approximate surface area is 98.6 Å². The molecule has 1 aliphatic rings. The molecule has 0 amide bonds. The number of nitrogens with one attached hydrogen (secondary N) is 1. The first kappa shape index (κ1) is 13.9. The highest BCUT2D eigenvalue weighted by Gasteiger charge is 2.32. The van der Waals surface area contributed by atoms with Gasteiger partial charge in [0.25, 0.3) is 0 Å². The summed E-state index contributed by atoms with van der Waals surface area (Å²) in [6, 6.07) is 0.373. The van der Waals surface area contributed by atoms with Crippen LogP contribution in [0, 0.1) is 5.92 Å². The zero-order valence-electron chi connectivity index (χ0n) is 11.1. The normalized spacial score (nSPS) is 26.2. The van der Waals surface area contributed by atoms with Gasteiger partial charge in [0.05, 0.1) is 19.3 Å². The molecule has 16 heavy (non-hydrogen) atoms. The predicted molar refractivity (Wildman–Crippen MR) is 63.4 cm³/mol. The smallest absolute Gasteiger partial charge is 0.163 e. The van der Waals surface area contributed by atoms with Gasteiger partial charge in [-0.2, -0.15) is 0 Å². The lowest BCUT2D eigenvalue weighted by Gasteiger charge is -2.23. The topological polar surface area (TPSA) is 39.7 Å². The van der Waals surface area contributed by atoms with Crippen molar-refractivity contribution in [3.8, 4) is 0 Å². The minimum atomic E-state index is -0.430. The fourth-order valence-electron chi connectivity index (χ4n) is 1.81. The predicted octanol–water partition coefficient (Wildman–Crippen LogP) is 1.40. The van der Waals surface area contributed by atoms with E-state index in [1.165, 1.54) is 0 Å². The molecule has 0 aromatic carbocycles. The first-order valence-electron chi connectivity index (χ1n) is 5.98. The molecule has 0 aromatic heterocycles. The standard InChI is InChI=1S/C12H25NO3/c1-9(2)11(8-14-5)13-6-10-7-15-12(3,4)16-10/h9-11,13H,6-8H2,1-5H3. The maximum atomic E-state index is 5.73. The molecule has 0 saturated carbocycles. The fraction of sp³-hybridized carbons (Fsp3) is 1.00. The molecule has 4 nitrogen and oxygen atoms in total. The van der Waals surface area contributed by atoms with Crippen molar-refractivity contribution >= 4 is 0 Å². The minimum absolute atomic E-state index is 0.146. The van der Waals surface area contributed by atoms with E-state index in [2.05, 4.69) is 19.2 Å². The van der Waals surface area contributed by atoms with E-state index < -0.39 is 5.79 Å². The van der Waals surface area contributed by atoms with Crippen molar-refractivity contribution in [3.63, 3.8) is 0 Å². The number of ether oxygens (including phenoxy) is 3. The number of hydrogen-bond donors (Lipinski definition) is 1. The van der Waals surface area contributed by atoms with Crippen LogP contribution in [0.4, 0.5) is 0 Å². The quantitative estimate of drug-likeness (QED) is 0.750. The van der Waals surface area contributed by atoms with E-state index in [-0.39, 0.29) is 6.10 Å². The third-order valence-corrected chi connectivity index (χ3v) is 2.83. The Bertz CT molecular complexity index is 206. The van der Waals surface area contributed by atoms with Gasteiger partial charge in [-0.15, -0.1) is 0 Å². The summed E-state index contributed by atoms with van der Waals surface area (Å²) in [4.78, 5) is 0. The van der Waals surface area contributed by atoms with Gasteiger partial charge < -0.3 is 19.5 Å². The van der Waals surface area contributed by atoms with Gasteiger partial charge in [0.2, 0.25) is 0 Å². The lowest BCUT2D eigenvalue weighted by molar-refractivity contribution is -0.138. The third kappa shape index (κ3) is 4.37. The summed E-state index contributed by atoms with van der Waals surface area (Å²) in [5.41, 5.74) is 0. The van der Waals surface area contributed by atoms with E-state index in [1.807, 2.05) is 13.8 Å². The molecule has 4 heteroatoms. The van der Waals surface area contributed by atoms with Crippen molar-refractivity contribution in [2.45, 2.75) is 45.6 Å². The van der Waals surface area contributed by atoms with E-state index in [1.54, 1.807) is 7.11 Å². The second-order valence-electron chi connectivity index (χ2n) is 5.16. The van der Waals surface area contributed by atoms with E-state index in [9.17, 15) is 0 Å². The van der Waals surface area contributed by atoms with E-state index in [0.717, 1.165) is 13.2 Å². The van der Waals surface area contributed by atoms with Crippen molar-refractivity contribution in [3.05, 3.63) is 0 Å². The van der Waals surface area contributed by atoms with Gasteiger partial charge in [0, 0.05) is 19.7 Å². The molecule has 0 radical (unpaired) electrons. The summed E-state index contributed by atoms with van der Waals surface area (Å²) >= 11 is 0. The van der Waals surface area contributed by atoms with Crippen molar-refractivity contribution in [2.75, 3.05) is 26.9 Å². The molecule has 0 bridgehead atoms. The summed E-state index contributed by atoms with van der Waals surface area (Å²) in [6.45, 7) is 10.5. The van der Waals surface area contributed by atoms with Crippen LogP contribution in [0.5, 0.6) is 0 Å². The SMILES string of the molecule is COCC(NCC1COC(C)(C)O1)C(C)C. The largest absolute Gasteiger partial charge is 0.383 e. The summed E-state index contributed by atoms with van der Waals surface area (Å²) in [5, 5.41) is 3.47. The second-order valence-corrected chi connectivity index (χ2v) is 5.16. The second kappa shape index (κ2) is 5.96. The van der Waals surface area contributed by atoms with Crippen LogP contribution in [0.1, 0.15) is 27.7 Å². The van der Waals surface area contributed by atoms with Gasteiger partial charge in [-0.25, -0.2) is 0 Å². The summed E-state index contributed by atoms with van der Waals surface area (Å²) in [7, 11) is 1.73. The van der Waals surface area contributed by atoms with Crippen LogP contribution in [0.2, 0.25) is 0 Å². The van der Waals surface area contributed by atoms with Gasteiger partial charge in [0.15, 0.2) is 5.79 Å². The molecule has 2 atom stereocenters. The van der Waals surface area contributed by atoms with Crippen LogP contribution < -0.4 is 5.32 Å². The Balaban J connectivity index is 2.27. The third-order valence-electron chi connectivity index (χ3n) is 2.83. The van der Waals surface area contributed by atoms with Crippen molar-refractivity contribution < 1.29 is 14.2 Å². The highest BCUT2D eigenvalue weighted by atomic mass is 16.7. The van der Waals surface area contributed by atoms with Crippen LogP contribution in [-0.4, -0.2) is 44.8 Å². The lowest BCUT2D eigenvalue weighted by atomic mass is 10.1. The van der Waals surface area contributed by atoms with Crippen LogP contribution in [-0.2, 0) is 14.2 Å². The highest BCUT2D eigenvalue weighted by Crippen LogP contribution is 2.21. The molecule has 96 valence electrons. The monoisotopic (exact) mass is 231 g/mol. The van der Waals surface area contributed by atoms with Gasteiger partial charge in [0.1, 0.15) is 0 Å². The van der Waals surface area contributed by atoms with E-state index >= 15 is 0 Å². The molecule has 0 spiro atoms. The molecule has 1 N–H and O–H groups in total. The lowest BCUT2D eigenvalue weighted by Crippen LogP contribution is -2.42. The van der Waals surface area contributed by atoms with Gasteiger partial charge >= 0.3 is 0 Å². The van der Waals surface area contributed by atoms with E-state index in [0.29, 0.717) is 18.6 Å². The van der Waals surface area contributed by atoms with Crippen molar-refractivity contribution in [1.82, 2.24) is 5.32 Å². The summed E-state index contributed by atoms with van der Waals surface area (Å²) in [6.07, 6.45) is 0.146. The fourth-order valence-corrected chi connectivity index (χ4v) is 1.81. The molecule has 2 unspecified atom stereocenters. The summed E-state index contributed by atoms with van der Waals surface area (Å²) < 4.78 is 16.4. The molecule has 1 saturated heterocycles. The van der Waals surface area contributed by atoms with Crippen LogP contribution in [0.15, 0.2) is 0 Å².